The van der Waals surface area contributed by atoms with Crippen LogP contribution in [0.5, 0.6) is 0 Å². The fourth-order valence-corrected chi connectivity index (χ4v) is 3.12. The zero-order valence-corrected chi connectivity index (χ0v) is 13.7. The topological polar surface area (TPSA) is 92.7 Å². The number of hydrogen-bond donors (Lipinski definition) is 2. The number of hydrogen-bond acceptors (Lipinski definition) is 4. The van der Waals surface area contributed by atoms with Crippen molar-refractivity contribution >= 4 is 17.4 Å². The minimum atomic E-state index is -0.267. The number of anilines is 1. The van der Waals surface area contributed by atoms with Crippen molar-refractivity contribution in [3.05, 3.63) is 53.3 Å². The Labute approximate surface area is 144 Å². The van der Waals surface area contributed by atoms with Gasteiger partial charge in [0.05, 0.1) is 17.5 Å². The highest BCUT2D eigenvalue weighted by molar-refractivity contribution is 6.08. The molecular formula is C18H17N5O2. The van der Waals surface area contributed by atoms with Crippen LogP contribution in [0.3, 0.4) is 0 Å². The molecule has 1 amide bonds. The van der Waals surface area contributed by atoms with Gasteiger partial charge in [-0.3, -0.25) is 19.4 Å². The third kappa shape index (κ3) is 2.84. The van der Waals surface area contributed by atoms with Gasteiger partial charge in [0.1, 0.15) is 5.69 Å². The summed E-state index contributed by atoms with van der Waals surface area (Å²) < 4.78 is 1.67. The van der Waals surface area contributed by atoms with Gasteiger partial charge < -0.3 is 5.32 Å². The molecule has 0 unspecified atom stereocenters. The lowest BCUT2D eigenvalue weighted by Crippen LogP contribution is -2.15. The van der Waals surface area contributed by atoms with Gasteiger partial charge in [0.15, 0.2) is 5.78 Å². The smallest absolute Gasteiger partial charge is 0.259 e. The quantitative estimate of drug-likeness (QED) is 0.769. The van der Waals surface area contributed by atoms with Gasteiger partial charge in [-0.1, -0.05) is 0 Å². The molecule has 0 bridgehead atoms. The number of carbonyl (C=O) groups excluding carboxylic acids is 2. The standard InChI is InChI=1S/C18H17N5O2/c1-23-8-7-15(22-23)17-14(10-19-21-17)18(25)20-12-5-6-13-11(9-12)3-2-4-16(13)24/h5-10H,2-4H2,1H3,(H,19,21)(H,20,25). The second kappa shape index (κ2) is 6.01. The average Bonchev–Trinajstić information content (AvgIpc) is 3.23. The van der Waals surface area contributed by atoms with Gasteiger partial charge in [-0.2, -0.15) is 10.2 Å². The molecule has 2 aromatic heterocycles. The number of nitrogens with zero attached hydrogens (tertiary/aromatic N) is 3. The maximum Gasteiger partial charge on any atom is 0.259 e. The van der Waals surface area contributed by atoms with E-state index in [2.05, 4.69) is 20.6 Å². The fourth-order valence-electron chi connectivity index (χ4n) is 3.12. The summed E-state index contributed by atoms with van der Waals surface area (Å²) in [5, 5.41) is 14.0. The van der Waals surface area contributed by atoms with Crippen LogP contribution < -0.4 is 5.32 Å². The normalized spacial score (nSPS) is 13.6. The molecule has 0 aliphatic heterocycles. The maximum atomic E-state index is 12.6. The third-order valence-electron chi connectivity index (χ3n) is 4.37. The number of aromatic nitrogens is 4. The van der Waals surface area contributed by atoms with Crippen LogP contribution in [0.4, 0.5) is 5.69 Å². The summed E-state index contributed by atoms with van der Waals surface area (Å²) in [5.74, 6) is -0.0945. The van der Waals surface area contributed by atoms with E-state index in [0.29, 0.717) is 29.1 Å². The van der Waals surface area contributed by atoms with Gasteiger partial charge in [-0.15, -0.1) is 0 Å². The maximum absolute atomic E-state index is 12.6. The molecule has 7 nitrogen and oxygen atoms in total. The van der Waals surface area contributed by atoms with Crippen molar-refractivity contribution in [3.63, 3.8) is 0 Å². The summed E-state index contributed by atoms with van der Waals surface area (Å²) >= 11 is 0. The number of H-pyrrole nitrogens is 1. The first kappa shape index (κ1) is 15.3. The summed E-state index contributed by atoms with van der Waals surface area (Å²) in [4.78, 5) is 24.5. The molecule has 126 valence electrons. The number of aryl methyl sites for hydroxylation is 2. The zero-order valence-electron chi connectivity index (χ0n) is 13.7. The summed E-state index contributed by atoms with van der Waals surface area (Å²) in [6, 6.07) is 7.25. The van der Waals surface area contributed by atoms with E-state index in [9.17, 15) is 9.59 Å². The minimum Gasteiger partial charge on any atom is -0.322 e. The van der Waals surface area contributed by atoms with Gasteiger partial charge >= 0.3 is 0 Å². The number of fused-ring (bicyclic) bond motifs is 1. The Hall–Kier alpha value is -3.22. The van der Waals surface area contributed by atoms with Gasteiger partial charge in [-0.25, -0.2) is 0 Å². The van der Waals surface area contributed by atoms with Crippen LogP contribution in [0, 0.1) is 0 Å². The number of rotatable bonds is 3. The number of nitrogens with one attached hydrogen (secondary N) is 2. The molecule has 0 atom stereocenters. The highest BCUT2D eigenvalue weighted by Crippen LogP contribution is 2.25. The molecule has 4 rings (SSSR count). The molecule has 3 aromatic rings. The molecule has 0 fully saturated rings. The lowest BCUT2D eigenvalue weighted by Gasteiger charge is -2.16. The lowest BCUT2D eigenvalue weighted by atomic mass is 9.90. The number of Topliss-reactive ketones (excluding diaryl/α,β-unsaturated/α-hetero) is 1. The molecule has 0 radical (unpaired) electrons. The molecule has 0 spiro atoms. The second-order valence-electron chi connectivity index (χ2n) is 6.14. The lowest BCUT2D eigenvalue weighted by molar-refractivity contribution is 0.0971. The van der Waals surface area contributed by atoms with E-state index >= 15 is 0 Å². The SMILES string of the molecule is Cn1ccc(-c2[nH]ncc2C(=O)Nc2ccc3c(c2)CCCC3=O)n1. The summed E-state index contributed by atoms with van der Waals surface area (Å²) in [6.45, 7) is 0. The molecule has 0 saturated heterocycles. The van der Waals surface area contributed by atoms with Crippen molar-refractivity contribution in [1.82, 2.24) is 20.0 Å². The van der Waals surface area contributed by atoms with Gasteiger partial charge in [0.2, 0.25) is 0 Å². The van der Waals surface area contributed by atoms with E-state index in [1.165, 1.54) is 6.20 Å². The number of ketones is 1. The minimum absolute atomic E-state index is 0.173. The van der Waals surface area contributed by atoms with Crippen molar-refractivity contribution < 1.29 is 9.59 Å². The Morgan fingerprint density at radius 2 is 2.16 bits per heavy atom. The number of amides is 1. The molecule has 7 heteroatoms. The van der Waals surface area contributed by atoms with Crippen LogP contribution >= 0.6 is 0 Å². The molecule has 2 heterocycles. The molecular weight excluding hydrogens is 318 g/mol. The molecule has 2 N–H and O–H groups in total. The van der Waals surface area contributed by atoms with E-state index < -0.39 is 0 Å². The van der Waals surface area contributed by atoms with E-state index in [4.69, 9.17) is 0 Å². The monoisotopic (exact) mass is 335 g/mol. The van der Waals surface area contributed by atoms with Crippen molar-refractivity contribution in [2.45, 2.75) is 19.3 Å². The molecule has 1 aliphatic rings. The number of carbonyl (C=O) groups is 2. The number of benzene rings is 1. The highest BCUT2D eigenvalue weighted by atomic mass is 16.1. The van der Waals surface area contributed by atoms with Crippen LogP contribution in [-0.2, 0) is 13.5 Å². The fraction of sp³-hybridized carbons (Fsp3) is 0.222. The Balaban J connectivity index is 1.59. The van der Waals surface area contributed by atoms with Gasteiger partial charge in [-0.05, 0) is 42.7 Å². The third-order valence-corrected chi connectivity index (χ3v) is 4.37. The average molecular weight is 335 g/mol. The Morgan fingerprint density at radius 1 is 1.28 bits per heavy atom. The number of aromatic amines is 1. The summed E-state index contributed by atoms with van der Waals surface area (Å²) in [6.07, 6.45) is 5.60. The summed E-state index contributed by atoms with van der Waals surface area (Å²) in [5.41, 5.74) is 4.08. The Kier molecular flexibility index (Phi) is 3.68. The van der Waals surface area contributed by atoms with Crippen LogP contribution in [0.1, 0.15) is 39.1 Å². The molecule has 1 aliphatic carbocycles. The van der Waals surface area contributed by atoms with E-state index in [0.717, 1.165) is 24.0 Å². The molecule has 0 saturated carbocycles. The van der Waals surface area contributed by atoms with Crippen LogP contribution in [0.15, 0.2) is 36.7 Å². The molecule has 25 heavy (non-hydrogen) atoms. The van der Waals surface area contributed by atoms with E-state index in [-0.39, 0.29) is 11.7 Å². The van der Waals surface area contributed by atoms with Crippen molar-refractivity contribution in [3.8, 4) is 11.4 Å². The van der Waals surface area contributed by atoms with E-state index in [1.807, 2.05) is 19.2 Å². The van der Waals surface area contributed by atoms with Crippen LogP contribution in [0.2, 0.25) is 0 Å². The van der Waals surface area contributed by atoms with E-state index in [1.54, 1.807) is 23.0 Å². The van der Waals surface area contributed by atoms with Crippen LogP contribution in [0.25, 0.3) is 11.4 Å². The highest BCUT2D eigenvalue weighted by Gasteiger charge is 2.20. The zero-order chi connectivity index (χ0) is 17.4. The predicted octanol–water partition coefficient (Wildman–Crippen LogP) is 2.58. The largest absolute Gasteiger partial charge is 0.322 e. The Bertz CT molecular complexity index is 970. The summed E-state index contributed by atoms with van der Waals surface area (Å²) in [7, 11) is 1.81. The van der Waals surface area contributed by atoms with Crippen LogP contribution in [-0.4, -0.2) is 31.7 Å². The van der Waals surface area contributed by atoms with Gasteiger partial charge in [0, 0.05) is 30.9 Å². The Morgan fingerprint density at radius 3 is 2.96 bits per heavy atom. The first-order chi connectivity index (χ1) is 12.1. The predicted molar refractivity (Wildman–Crippen MR) is 92.5 cm³/mol. The second-order valence-corrected chi connectivity index (χ2v) is 6.14. The molecule has 1 aromatic carbocycles. The van der Waals surface area contributed by atoms with Crippen molar-refractivity contribution in [1.29, 1.82) is 0 Å². The first-order valence-electron chi connectivity index (χ1n) is 8.12. The van der Waals surface area contributed by atoms with Gasteiger partial charge in [0.25, 0.3) is 5.91 Å². The van der Waals surface area contributed by atoms with Crippen molar-refractivity contribution in [2.75, 3.05) is 5.32 Å². The van der Waals surface area contributed by atoms with Crippen molar-refractivity contribution in [2.24, 2.45) is 7.05 Å². The first-order valence-corrected chi connectivity index (χ1v) is 8.12.